The molecule has 132 valence electrons. The molecule has 0 saturated heterocycles. The molecule has 26 heavy (non-hydrogen) atoms. The molecule has 3 nitrogen and oxygen atoms in total. The number of Topliss-reactive ketones (excluding diaryl/α,β-unsaturated/α-hetero) is 1. The van der Waals surface area contributed by atoms with Crippen molar-refractivity contribution in [2.45, 2.75) is 20.0 Å². The summed E-state index contributed by atoms with van der Waals surface area (Å²) in [6.45, 7) is 2.43. The molecule has 3 heteroatoms. The van der Waals surface area contributed by atoms with E-state index in [0.717, 1.165) is 17.6 Å². The molecule has 0 aliphatic heterocycles. The van der Waals surface area contributed by atoms with E-state index in [-0.39, 0.29) is 5.78 Å². The largest absolute Gasteiger partial charge is 0.489 e. The van der Waals surface area contributed by atoms with Crippen LogP contribution in [0.1, 0.15) is 29.3 Å². The highest BCUT2D eigenvalue weighted by Gasteiger charge is 2.11. The Labute approximate surface area is 154 Å². The molecular weight excluding hydrogens is 324 g/mol. The van der Waals surface area contributed by atoms with Gasteiger partial charge in [0.15, 0.2) is 5.78 Å². The summed E-state index contributed by atoms with van der Waals surface area (Å²) in [5.41, 5.74) is 2.73. The van der Waals surface area contributed by atoms with Crippen LogP contribution in [-0.2, 0) is 6.61 Å². The van der Waals surface area contributed by atoms with Crippen LogP contribution in [0, 0.1) is 0 Å². The van der Waals surface area contributed by atoms with Gasteiger partial charge < -0.3 is 9.47 Å². The molecule has 0 atom stereocenters. The van der Waals surface area contributed by atoms with Gasteiger partial charge in [0.2, 0.25) is 0 Å². The number of carbonyl (C=O) groups excluding carboxylic acids is 1. The Bertz CT molecular complexity index is 845. The lowest BCUT2D eigenvalue weighted by atomic mass is 10.1. The van der Waals surface area contributed by atoms with Gasteiger partial charge >= 0.3 is 0 Å². The van der Waals surface area contributed by atoms with Crippen LogP contribution in [0.3, 0.4) is 0 Å². The van der Waals surface area contributed by atoms with Crippen LogP contribution in [-0.4, -0.2) is 12.4 Å². The number of benzene rings is 2. The summed E-state index contributed by atoms with van der Waals surface area (Å²) in [6, 6.07) is 15.2. The maximum absolute atomic E-state index is 11.9. The summed E-state index contributed by atoms with van der Waals surface area (Å²) in [5.74, 6) is 1.20. The van der Waals surface area contributed by atoms with Gasteiger partial charge in [-0.2, -0.15) is 0 Å². The zero-order valence-electron chi connectivity index (χ0n) is 14.9. The lowest BCUT2D eigenvalue weighted by Gasteiger charge is -2.13. The summed E-state index contributed by atoms with van der Waals surface area (Å²) in [4.78, 5) is 11.9. The average Bonchev–Trinajstić information content (AvgIpc) is 2.94. The van der Waals surface area contributed by atoms with Crippen LogP contribution in [0.4, 0.5) is 0 Å². The van der Waals surface area contributed by atoms with Crippen LogP contribution >= 0.6 is 0 Å². The number of allylic oxidation sites excluding steroid dienone is 4. The molecule has 2 aromatic carbocycles. The summed E-state index contributed by atoms with van der Waals surface area (Å²) in [5, 5.41) is 0. The highest BCUT2D eigenvalue weighted by molar-refractivity contribution is 5.97. The maximum atomic E-state index is 11.9. The van der Waals surface area contributed by atoms with Crippen molar-refractivity contribution in [1.29, 1.82) is 0 Å². The van der Waals surface area contributed by atoms with Gasteiger partial charge in [-0.25, -0.2) is 0 Å². The van der Waals surface area contributed by atoms with Gasteiger partial charge in [-0.15, -0.1) is 0 Å². The van der Waals surface area contributed by atoms with Gasteiger partial charge in [-0.3, -0.25) is 4.79 Å². The number of rotatable bonds is 7. The van der Waals surface area contributed by atoms with E-state index in [9.17, 15) is 4.79 Å². The molecule has 0 heterocycles. The third kappa shape index (κ3) is 4.96. The van der Waals surface area contributed by atoms with E-state index >= 15 is 0 Å². The van der Waals surface area contributed by atoms with Crippen molar-refractivity contribution in [2.24, 2.45) is 0 Å². The van der Waals surface area contributed by atoms with Crippen molar-refractivity contribution >= 4 is 5.78 Å². The zero-order chi connectivity index (χ0) is 18.2. The van der Waals surface area contributed by atoms with Crippen molar-refractivity contribution in [3.05, 3.63) is 95.6 Å². The Hall–Kier alpha value is -3.07. The molecule has 0 saturated carbocycles. The van der Waals surface area contributed by atoms with E-state index < -0.39 is 0 Å². The first-order valence-corrected chi connectivity index (χ1v) is 8.69. The Kier molecular flexibility index (Phi) is 6.05. The molecule has 0 aromatic heterocycles. The van der Waals surface area contributed by atoms with Gasteiger partial charge in [0, 0.05) is 6.07 Å². The minimum absolute atomic E-state index is 0.0277. The van der Waals surface area contributed by atoms with E-state index in [2.05, 4.69) is 12.2 Å². The Morgan fingerprint density at radius 3 is 2.65 bits per heavy atom. The van der Waals surface area contributed by atoms with E-state index in [1.54, 1.807) is 19.1 Å². The first kappa shape index (κ1) is 17.7. The molecule has 0 amide bonds. The van der Waals surface area contributed by atoms with Gasteiger partial charge in [-0.05, 0) is 36.6 Å². The van der Waals surface area contributed by atoms with E-state index in [4.69, 9.17) is 9.47 Å². The predicted molar refractivity (Wildman–Crippen MR) is 104 cm³/mol. The topological polar surface area (TPSA) is 35.5 Å². The number of ketones is 1. The number of hydrogen-bond acceptors (Lipinski definition) is 3. The van der Waals surface area contributed by atoms with Crippen molar-refractivity contribution in [1.82, 2.24) is 0 Å². The SMILES string of the molecule is CC(=O)c1ccc(OCC2=CCC=CC=C2)cc1OCc1ccccc1. The van der Waals surface area contributed by atoms with Crippen molar-refractivity contribution in [3.8, 4) is 11.5 Å². The summed E-state index contributed by atoms with van der Waals surface area (Å²) < 4.78 is 11.8. The van der Waals surface area contributed by atoms with E-state index in [1.165, 1.54) is 0 Å². The number of ether oxygens (including phenoxy) is 2. The van der Waals surface area contributed by atoms with Gasteiger partial charge in [0.05, 0.1) is 5.56 Å². The molecule has 3 rings (SSSR count). The molecule has 0 fully saturated rings. The molecule has 2 aromatic rings. The van der Waals surface area contributed by atoms with E-state index in [0.29, 0.717) is 30.3 Å². The second-order valence-electron chi connectivity index (χ2n) is 6.08. The summed E-state index contributed by atoms with van der Waals surface area (Å²) in [6.07, 6.45) is 11.2. The Morgan fingerprint density at radius 2 is 1.85 bits per heavy atom. The Balaban J connectivity index is 1.71. The van der Waals surface area contributed by atoms with Crippen LogP contribution in [0.25, 0.3) is 0 Å². The lowest BCUT2D eigenvalue weighted by molar-refractivity contribution is 0.101. The second-order valence-corrected chi connectivity index (χ2v) is 6.08. The molecule has 0 N–H and O–H groups in total. The van der Waals surface area contributed by atoms with Gasteiger partial charge in [0.25, 0.3) is 0 Å². The Morgan fingerprint density at radius 1 is 1.00 bits per heavy atom. The first-order valence-electron chi connectivity index (χ1n) is 8.69. The average molecular weight is 346 g/mol. The molecule has 0 bridgehead atoms. The first-order chi connectivity index (χ1) is 12.7. The molecule has 1 aliphatic rings. The van der Waals surface area contributed by atoms with Gasteiger partial charge in [0.1, 0.15) is 24.7 Å². The smallest absolute Gasteiger partial charge is 0.163 e. The maximum Gasteiger partial charge on any atom is 0.163 e. The summed E-state index contributed by atoms with van der Waals surface area (Å²) in [7, 11) is 0. The minimum atomic E-state index is -0.0277. The third-order valence-electron chi connectivity index (χ3n) is 4.05. The zero-order valence-corrected chi connectivity index (χ0v) is 14.9. The van der Waals surface area contributed by atoms with Crippen molar-refractivity contribution in [2.75, 3.05) is 6.61 Å². The van der Waals surface area contributed by atoms with Crippen molar-refractivity contribution in [3.63, 3.8) is 0 Å². The third-order valence-corrected chi connectivity index (χ3v) is 4.05. The fourth-order valence-electron chi connectivity index (χ4n) is 2.64. The standard InChI is InChI=1S/C23H22O3/c1-18(24)22-14-13-21(25-16-19-9-5-2-3-6-10-19)15-23(22)26-17-20-11-7-4-8-12-20/h2-5,7-15H,6,16-17H2,1H3. The number of carbonyl (C=O) groups is 1. The van der Waals surface area contributed by atoms with Crippen LogP contribution in [0.15, 0.2) is 84.5 Å². The minimum Gasteiger partial charge on any atom is -0.489 e. The molecule has 0 radical (unpaired) electrons. The molecule has 0 spiro atoms. The fraction of sp³-hybridized carbons (Fsp3) is 0.174. The lowest BCUT2D eigenvalue weighted by Crippen LogP contribution is -2.04. The van der Waals surface area contributed by atoms with Gasteiger partial charge in [-0.1, -0.05) is 60.7 Å². The predicted octanol–water partition coefficient (Wildman–Crippen LogP) is 5.29. The highest BCUT2D eigenvalue weighted by Crippen LogP contribution is 2.27. The normalized spacial score (nSPS) is 13.0. The van der Waals surface area contributed by atoms with E-state index in [1.807, 2.05) is 54.6 Å². The molecular formula is C23H22O3. The van der Waals surface area contributed by atoms with Crippen LogP contribution in [0.5, 0.6) is 11.5 Å². The molecule has 0 unspecified atom stereocenters. The van der Waals surface area contributed by atoms with Crippen molar-refractivity contribution < 1.29 is 14.3 Å². The summed E-state index contributed by atoms with van der Waals surface area (Å²) >= 11 is 0. The highest BCUT2D eigenvalue weighted by atomic mass is 16.5. The fourth-order valence-corrected chi connectivity index (χ4v) is 2.64. The van der Waals surface area contributed by atoms with Crippen LogP contribution in [0.2, 0.25) is 0 Å². The number of hydrogen-bond donors (Lipinski definition) is 0. The molecule has 1 aliphatic carbocycles. The monoisotopic (exact) mass is 346 g/mol. The quantitative estimate of drug-likeness (QED) is 0.639. The second kappa shape index (κ2) is 8.86. The van der Waals surface area contributed by atoms with Crippen LogP contribution < -0.4 is 9.47 Å².